The maximum absolute atomic E-state index is 13.5. The van der Waals surface area contributed by atoms with E-state index < -0.39 is 11.6 Å². The predicted molar refractivity (Wildman–Crippen MR) is 66.8 cm³/mol. The summed E-state index contributed by atoms with van der Waals surface area (Å²) in [6.07, 6.45) is 0.635. The van der Waals surface area contributed by atoms with Gasteiger partial charge in [0.25, 0.3) is 0 Å². The van der Waals surface area contributed by atoms with Crippen LogP contribution >= 0.6 is 15.9 Å². The lowest BCUT2D eigenvalue weighted by atomic mass is 9.87. The average molecular weight is 291 g/mol. The predicted octanol–water partition coefficient (Wildman–Crippen LogP) is 4.56. The zero-order valence-corrected chi connectivity index (χ0v) is 11.4. The highest BCUT2D eigenvalue weighted by molar-refractivity contribution is 9.09. The van der Waals surface area contributed by atoms with Crippen molar-refractivity contribution in [2.75, 3.05) is 0 Å². The average Bonchev–Trinajstić information content (AvgIpc) is 2.15. The Bertz CT molecular complexity index is 340. The topological polar surface area (TPSA) is 0 Å². The first-order chi connectivity index (χ1) is 7.41. The number of hydrogen-bond acceptors (Lipinski definition) is 0. The summed E-state index contributed by atoms with van der Waals surface area (Å²) in [6.45, 7) is 6.29. The van der Waals surface area contributed by atoms with E-state index in [1.54, 1.807) is 0 Å². The lowest BCUT2D eigenvalue weighted by molar-refractivity contribution is 0.378. The lowest BCUT2D eigenvalue weighted by Crippen LogP contribution is -2.20. The molecular weight excluding hydrogens is 274 g/mol. The Morgan fingerprint density at radius 3 is 2.25 bits per heavy atom. The second-order valence-electron chi connectivity index (χ2n) is 4.53. The Labute approximate surface area is 104 Å². The molecule has 0 aromatic heterocycles. The lowest BCUT2D eigenvalue weighted by Gasteiger charge is -2.23. The number of rotatable bonds is 4. The van der Waals surface area contributed by atoms with Crippen LogP contribution in [0.3, 0.4) is 0 Å². The van der Waals surface area contributed by atoms with E-state index >= 15 is 0 Å². The van der Waals surface area contributed by atoms with Crippen LogP contribution in [0.1, 0.15) is 26.3 Å². The Hall–Kier alpha value is -0.440. The van der Waals surface area contributed by atoms with Crippen LogP contribution < -0.4 is 0 Å². The third-order valence-corrected chi connectivity index (χ3v) is 3.60. The molecule has 0 amide bonds. The van der Waals surface area contributed by atoms with Gasteiger partial charge in [0.2, 0.25) is 0 Å². The van der Waals surface area contributed by atoms with Gasteiger partial charge in [-0.25, -0.2) is 8.78 Å². The van der Waals surface area contributed by atoms with Gasteiger partial charge in [-0.1, -0.05) is 42.8 Å². The Morgan fingerprint density at radius 1 is 1.19 bits per heavy atom. The van der Waals surface area contributed by atoms with Gasteiger partial charge >= 0.3 is 0 Å². The molecule has 0 aliphatic heterocycles. The van der Waals surface area contributed by atoms with Gasteiger partial charge in [-0.05, 0) is 29.9 Å². The maximum atomic E-state index is 13.5. The largest absolute Gasteiger partial charge is 0.207 e. The maximum Gasteiger partial charge on any atom is 0.129 e. The van der Waals surface area contributed by atoms with Crippen molar-refractivity contribution in [2.24, 2.45) is 11.8 Å². The van der Waals surface area contributed by atoms with Crippen molar-refractivity contribution in [1.29, 1.82) is 0 Å². The van der Waals surface area contributed by atoms with E-state index in [1.165, 1.54) is 12.1 Å². The second-order valence-corrected chi connectivity index (χ2v) is 5.97. The zero-order chi connectivity index (χ0) is 12.3. The smallest absolute Gasteiger partial charge is 0.129 e. The molecule has 1 aromatic carbocycles. The molecule has 2 atom stereocenters. The molecule has 0 bridgehead atoms. The SMILES string of the molecule is CC(C)C(Cc1ccc(F)cc1F)C(C)Br. The molecule has 0 N–H and O–H groups in total. The van der Waals surface area contributed by atoms with Crippen LogP contribution in [-0.2, 0) is 6.42 Å². The van der Waals surface area contributed by atoms with Crippen LogP contribution in [0, 0.1) is 23.5 Å². The van der Waals surface area contributed by atoms with Gasteiger partial charge in [0.05, 0.1) is 0 Å². The van der Waals surface area contributed by atoms with E-state index in [0.717, 1.165) is 6.07 Å². The molecule has 0 aliphatic carbocycles. The van der Waals surface area contributed by atoms with Crippen molar-refractivity contribution in [2.45, 2.75) is 32.0 Å². The van der Waals surface area contributed by atoms with E-state index in [9.17, 15) is 8.78 Å². The van der Waals surface area contributed by atoms with Crippen LogP contribution in [0.4, 0.5) is 8.78 Å². The van der Waals surface area contributed by atoms with Crippen molar-refractivity contribution < 1.29 is 8.78 Å². The van der Waals surface area contributed by atoms with Crippen molar-refractivity contribution in [3.05, 3.63) is 35.4 Å². The molecule has 0 heterocycles. The summed E-state index contributed by atoms with van der Waals surface area (Å²) >= 11 is 3.54. The first-order valence-corrected chi connectivity index (χ1v) is 6.41. The summed E-state index contributed by atoms with van der Waals surface area (Å²) < 4.78 is 26.2. The first kappa shape index (κ1) is 13.6. The normalized spacial score (nSPS) is 15.2. The fourth-order valence-electron chi connectivity index (χ4n) is 1.87. The van der Waals surface area contributed by atoms with E-state index in [2.05, 4.69) is 36.7 Å². The number of hydrogen-bond donors (Lipinski definition) is 0. The Kier molecular flexibility index (Phi) is 4.90. The van der Waals surface area contributed by atoms with E-state index in [-0.39, 0.29) is 0 Å². The third kappa shape index (κ3) is 3.55. The molecule has 0 saturated heterocycles. The summed E-state index contributed by atoms with van der Waals surface area (Å²) in [6, 6.07) is 3.80. The molecule has 0 radical (unpaired) electrons. The van der Waals surface area contributed by atoms with Crippen LogP contribution in [0.15, 0.2) is 18.2 Å². The standard InChI is InChI=1S/C13H17BrF2/c1-8(2)12(9(3)14)6-10-4-5-11(15)7-13(10)16/h4-5,7-9,12H,6H2,1-3H3. The highest BCUT2D eigenvalue weighted by Gasteiger charge is 2.20. The van der Waals surface area contributed by atoms with Gasteiger partial charge in [-0.2, -0.15) is 0 Å². The van der Waals surface area contributed by atoms with Crippen LogP contribution in [0.5, 0.6) is 0 Å². The molecule has 16 heavy (non-hydrogen) atoms. The van der Waals surface area contributed by atoms with Crippen molar-refractivity contribution in [3.63, 3.8) is 0 Å². The number of benzene rings is 1. The molecule has 1 rings (SSSR count). The molecule has 90 valence electrons. The summed E-state index contributed by atoms with van der Waals surface area (Å²) in [4.78, 5) is 0.317. The molecule has 0 saturated carbocycles. The summed E-state index contributed by atoms with van der Waals surface area (Å²) in [5, 5.41) is 0. The molecule has 0 spiro atoms. The number of alkyl halides is 1. The Balaban J connectivity index is 2.85. The third-order valence-electron chi connectivity index (χ3n) is 2.92. The van der Waals surface area contributed by atoms with Crippen LogP contribution in [0.2, 0.25) is 0 Å². The van der Waals surface area contributed by atoms with Gasteiger partial charge < -0.3 is 0 Å². The van der Waals surface area contributed by atoms with Crippen molar-refractivity contribution in [3.8, 4) is 0 Å². The Morgan fingerprint density at radius 2 is 1.81 bits per heavy atom. The minimum absolute atomic E-state index is 0.317. The summed E-state index contributed by atoms with van der Waals surface area (Å²) in [7, 11) is 0. The van der Waals surface area contributed by atoms with E-state index in [1.807, 2.05) is 0 Å². The van der Waals surface area contributed by atoms with Crippen LogP contribution in [-0.4, -0.2) is 4.83 Å². The molecule has 0 nitrogen and oxygen atoms in total. The van der Waals surface area contributed by atoms with Gasteiger partial charge in [0.15, 0.2) is 0 Å². The van der Waals surface area contributed by atoms with Crippen LogP contribution in [0.25, 0.3) is 0 Å². The van der Waals surface area contributed by atoms with Gasteiger partial charge in [-0.3, -0.25) is 0 Å². The molecule has 3 heteroatoms. The zero-order valence-electron chi connectivity index (χ0n) is 9.81. The second kappa shape index (κ2) is 5.76. The quantitative estimate of drug-likeness (QED) is 0.713. The minimum atomic E-state index is -0.519. The highest BCUT2D eigenvalue weighted by atomic mass is 79.9. The van der Waals surface area contributed by atoms with E-state index in [0.29, 0.717) is 28.6 Å². The van der Waals surface area contributed by atoms with Gasteiger partial charge in [-0.15, -0.1) is 0 Å². The first-order valence-electron chi connectivity index (χ1n) is 5.49. The van der Waals surface area contributed by atoms with Gasteiger partial charge in [0.1, 0.15) is 11.6 Å². The van der Waals surface area contributed by atoms with Gasteiger partial charge in [0, 0.05) is 10.9 Å². The molecule has 2 unspecified atom stereocenters. The minimum Gasteiger partial charge on any atom is -0.207 e. The van der Waals surface area contributed by atoms with Crippen molar-refractivity contribution >= 4 is 15.9 Å². The fraction of sp³-hybridized carbons (Fsp3) is 0.538. The molecular formula is C13H17BrF2. The number of halogens is 3. The van der Waals surface area contributed by atoms with Crippen molar-refractivity contribution in [1.82, 2.24) is 0 Å². The molecule has 0 fully saturated rings. The molecule has 0 aliphatic rings. The van der Waals surface area contributed by atoms with E-state index in [4.69, 9.17) is 0 Å². The molecule has 1 aromatic rings. The summed E-state index contributed by atoms with van der Waals surface area (Å²) in [5.74, 6) is -0.160. The monoisotopic (exact) mass is 290 g/mol. The summed E-state index contributed by atoms with van der Waals surface area (Å²) in [5.41, 5.74) is 0.589. The highest BCUT2D eigenvalue weighted by Crippen LogP contribution is 2.26. The fourth-order valence-corrected chi connectivity index (χ4v) is 2.67.